The summed E-state index contributed by atoms with van der Waals surface area (Å²) in [7, 11) is 0. The zero-order valence-electron chi connectivity index (χ0n) is 26.9. The van der Waals surface area contributed by atoms with Crippen LogP contribution in [0.3, 0.4) is 0 Å². The minimum absolute atomic E-state index is 0.137. The van der Waals surface area contributed by atoms with Crippen LogP contribution in [0.25, 0.3) is 0 Å². The van der Waals surface area contributed by atoms with E-state index in [2.05, 4.69) is 10.6 Å². The number of nitrogen functional groups attached to an aromatic ring is 1. The molecule has 0 aliphatic carbocycles. The fraction of sp³-hybridized carbons (Fsp3) is 0.278. The molecule has 5 rings (SSSR count). The van der Waals surface area contributed by atoms with Crippen molar-refractivity contribution in [2.24, 2.45) is 0 Å². The number of amides is 3. The maximum atomic E-state index is 14.1. The molecular weight excluding hydrogens is 649 g/mol. The van der Waals surface area contributed by atoms with Crippen molar-refractivity contribution in [3.05, 3.63) is 119 Å². The van der Waals surface area contributed by atoms with E-state index in [-0.39, 0.29) is 12.2 Å². The fourth-order valence-corrected chi connectivity index (χ4v) is 7.24. The lowest BCUT2D eigenvalue weighted by molar-refractivity contribution is -0.154. The van der Waals surface area contributed by atoms with Crippen molar-refractivity contribution < 1.29 is 28.7 Å². The molecule has 0 aromatic heterocycles. The van der Waals surface area contributed by atoms with E-state index in [0.717, 1.165) is 16.0 Å². The van der Waals surface area contributed by atoms with Crippen LogP contribution in [0.5, 0.6) is 0 Å². The largest absolute Gasteiger partial charge is 0.448 e. The predicted molar refractivity (Wildman–Crippen MR) is 188 cm³/mol. The first-order valence-corrected chi connectivity index (χ1v) is 17.4. The van der Waals surface area contributed by atoms with Gasteiger partial charge in [0.25, 0.3) is 5.91 Å². The number of hydrogen-bond acceptors (Lipinski definition) is 9. The first kappa shape index (κ1) is 34.6. The Bertz CT molecular complexity index is 1670. The Morgan fingerprint density at radius 1 is 1.00 bits per heavy atom. The van der Waals surface area contributed by atoms with Crippen molar-refractivity contribution in [3.8, 4) is 0 Å². The predicted octanol–water partition coefficient (Wildman–Crippen LogP) is 5.43. The lowest BCUT2D eigenvalue weighted by Gasteiger charge is -2.49. The molecule has 2 aliphatic rings. The van der Waals surface area contributed by atoms with E-state index in [1.807, 2.05) is 97.1 Å². The molecule has 4 N–H and O–H groups in total. The van der Waals surface area contributed by atoms with Crippen LogP contribution in [0.4, 0.5) is 10.5 Å². The number of nitrogens with two attached hydrogens (primary N) is 1. The van der Waals surface area contributed by atoms with Crippen molar-refractivity contribution in [1.82, 2.24) is 15.5 Å². The van der Waals surface area contributed by atoms with Gasteiger partial charge in [-0.25, -0.2) is 9.59 Å². The normalized spacial score (nSPS) is 17.5. The molecule has 3 aromatic rings. The highest BCUT2D eigenvalue weighted by molar-refractivity contribution is 8.00. The number of fused-ring (bicyclic) bond motifs is 1. The molecule has 2 atom stereocenters. The molecule has 3 amide bonds. The topological polar surface area (TPSA) is 140 Å². The quantitative estimate of drug-likeness (QED) is 0.104. The lowest BCUT2D eigenvalue weighted by atomic mass is 10.0. The number of ether oxygens (including phenoxy) is 2. The Labute approximate surface area is 288 Å². The summed E-state index contributed by atoms with van der Waals surface area (Å²) in [6.45, 7) is 4.78. The number of benzene rings is 3. The lowest BCUT2D eigenvalue weighted by Crippen LogP contribution is -2.71. The third kappa shape index (κ3) is 8.61. The molecule has 2 aliphatic heterocycles. The standard InChI is InChI=1S/C36H38N4O6S2/c1-36(2,3)46-35(44)38-21-28(41)39-29-32(42)40-30(25(22-48-33(29)40)17-12-20-47-27-19-11-10-18-26(27)37)34(43)45-31(23-13-6-4-7-14-23)24-15-8-5-9-16-24/h4-19,29,31,33H,20-22,37H2,1-3H3,(H,38,44)(H,39,41)/b17-12+. The number of nitrogens with zero attached hydrogens (tertiary/aromatic N) is 1. The monoisotopic (exact) mass is 686 g/mol. The van der Waals surface area contributed by atoms with Gasteiger partial charge in [0.05, 0.1) is 0 Å². The van der Waals surface area contributed by atoms with Gasteiger partial charge in [-0.05, 0) is 49.6 Å². The van der Waals surface area contributed by atoms with E-state index >= 15 is 0 Å². The number of carbonyl (C=O) groups excluding carboxylic acids is 4. The SMILES string of the molecule is CC(C)(C)OC(=O)NCC(=O)NC1C(=O)N2C(C(=O)OC(c3ccccc3)c3ccccc3)=C(/C=C/CSc3ccccc3N)CSC12. The van der Waals surface area contributed by atoms with Gasteiger partial charge in [0.2, 0.25) is 5.91 Å². The fourth-order valence-electron chi connectivity index (χ4n) is 5.14. The maximum absolute atomic E-state index is 14.1. The van der Waals surface area contributed by atoms with Crippen molar-refractivity contribution >= 4 is 53.1 Å². The molecule has 2 unspecified atom stereocenters. The molecule has 12 heteroatoms. The summed E-state index contributed by atoms with van der Waals surface area (Å²) < 4.78 is 11.4. The average molecular weight is 687 g/mol. The minimum atomic E-state index is -0.882. The van der Waals surface area contributed by atoms with Gasteiger partial charge in [-0.1, -0.05) is 84.9 Å². The maximum Gasteiger partial charge on any atom is 0.408 e. The number of rotatable bonds is 11. The summed E-state index contributed by atoms with van der Waals surface area (Å²) in [5.41, 5.74) is 8.39. The highest BCUT2D eigenvalue weighted by atomic mass is 32.2. The van der Waals surface area contributed by atoms with Crippen molar-refractivity contribution in [1.29, 1.82) is 0 Å². The Balaban J connectivity index is 1.36. The molecule has 2 heterocycles. The smallest absolute Gasteiger partial charge is 0.408 e. The van der Waals surface area contributed by atoms with Crippen LogP contribution in [-0.2, 0) is 23.9 Å². The van der Waals surface area contributed by atoms with E-state index in [1.165, 1.54) is 16.7 Å². The molecule has 1 fully saturated rings. The number of thioether (sulfide) groups is 2. The number of carbonyl (C=O) groups is 4. The summed E-state index contributed by atoms with van der Waals surface area (Å²) in [5, 5.41) is 4.57. The Hall–Kier alpha value is -4.68. The van der Waals surface area contributed by atoms with Crippen molar-refractivity contribution in [2.45, 2.75) is 48.8 Å². The van der Waals surface area contributed by atoms with Gasteiger partial charge in [-0.15, -0.1) is 23.5 Å². The number of esters is 1. The second-order valence-corrected chi connectivity index (χ2v) is 14.2. The van der Waals surface area contributed by atoms with E-state index in [9.17, 15) is 19.2 Å². The molecule has 10 nitrogen and oxygen atoms in total. The van der Waals surface area contributed by atoms with Crippen LogP contribution >= 0.6 is 23.5 Å². The summed E-state index contributed by atoms with van der Waals surface area (Å²) in [4.78, 5) is 54.8. The second kappa shape index (κ2) is 15.5. The first-order chi connectivity index (χ1) is 23.0. The van der Waals surface area contributed by atoms with Crippen LogP contribution in [-0.4, -0.2) is 63.8 Å². The highest BCUT2D eigenvalue weighted by Crippen LogP contribution is 2.42. The minimum Gasteiger partial charge on any atom is -0.448 e. The van der Waals surface area contributed by atoms with Gasteiger partial charge in [0, 0.05) is 22.1 Å². The molecular formula is C36H38N4O6S2. The number of hydrogen-bond donors (Lipinski definition) is 3. The van der Waals surface area contributed by atoms with Crippen molar-refractivity contribution in [2.75, 3.05) is 23.8 Å². The first-order valence-electron chi connectivity index (χ1n) is 15.4. The van der Waals surface area contributed by atoms with E-state index in [1.54, 1.807) is 32.5 Å². The molecule has 3 aromatic carbocycles. The number of allylic oxidation sites excluding steroid dienone is 1. The van der Waals surface area contributed by atoms with E-state index < -0.39 is 47.0 Å². The highest BCUT2D eigenvalue weighted by Gasteiger charge is 2.54. The molecule has 0 spiro atoms. The van der Waals surface area contributed by atoms with Crippen LogP contribution in [0.2, 0.25) is 0 Å². The summed E-state index contributed by atoms with van der Waals surface area (Å²) in [6.07, 6.45) is 2.32. The zero-order chi connectivity index (χ0) is 34.3. The Kier molecular flexibility index (Phi) is 11.2. The molecule has 250 valence electrons. The van der Waals surface area contributed by atoms with Crippen LogP contribution in [0.1, 0.15) is 38.0 Å². The average Bonchev–Trinajstić information content (AvgIpc) is 3.07. The van der Waals surface area contributed by atoms with Crippen LogP contribution in [0.15, 0.2) is 113 Å². The third-order valence-electron chi connectivity index (χ3n) is 7.30. The number of β-lactam (4-membered cyclic amide) rings is 1. The van der Waals surface area contributed by atoms with Crippen LogP contribution < -0.4 is 16.4 Å². The molecule has 0 bridgehead atoms. The van der Waals surface area contributed by atoms with Gasteiger partial charge in [-0.2, -0.15) is 0 Å². The summed E-state index contributed by atoms with van der Waals surface area (Å²) in [6, 6.07) is 25.5. The van der Waals surface area contributed by atoms with Crippen LogP contribution in [0, 0.1) is 0 Å². The molecule has 48 heavy (non-hydrogen) atoms. The Morgan fingerprint density at radius 2 is 1.62 bits per heavy atom. The third-order valence-corrected chi connectivity index (χ3v) is 9.65. The number of nitrogens with one attached hydrogen (secondary N) is 2. The van der Waals surface area contributed by atoms with Gasteiger partial charge >= 0.3 is 12.1 Å². The van der Waals surface area contributed by atoms with Gasteiger partial charge < -0.3 is 25.8 Å². The van der Waals surface area contributed by atoms with Gasteiger partial charge in [0.15, 0.2) is 6.10 Å². The molecule has 1 saturated heterocycles. The van der Waals surface area contributed by atoms with E-state index in [0.29, 0.717) is 22.8 Å². The Morgan fingerprint density at radius 3 is 2.25 bits per heavy atom. The van der Waals surface area contributed by atoms with E-state index in [4.69, 9.17) is 15.2 Å². The van der Waals surface area contributed by atoms with Gasteiger partial charge in [0.1, 0.15) is 29.3 Å². The molecule has 0 radical (unpaired) electrons. The summed E-state index contributed by atoms with van der Waals surface area (Å²) >= 11 is 2.99. The van der Waals surface area contributed by atoms with Gasteiger partial charge in [-0.3, -0.25) is 14.5 Å². The zero-order valence-corrected chi connectivity index (χ0v) is 28.5. The molecule has 0 saturated carbocycles. The second-order valence-electron chi connectivity index (χ2n) is 12.0. The number of para-hydroxylation sites is 1. The van der Waals surface area contributed by atoms with Crippen molar-refractivity contribution in [3.63, 3.8) is 0 Å². The number of alkyl carbamates (subject to hydrolysis) is 1. The number of anilines is 1. The summed E-state index contributed by atoms with van der Waals surface area (Å²) in [5.74, 6) is -0.663.